The fourth-order valence-electron chi connectivity index (χ4n) is 3.18. The summed E-state index contributed by atoms with van der Waals surface area (Å²) in [6.07, 6.45) is 3.55. The van der Waals surface area contributed by atoms with Crippen LogP contribution in [-0.4, -0.2) is 28.2 Å². The maximum absolute atomic E-state index is 12.3. The van der Waals surface area contributed by atoms with Crippen LogP contribution in [0.3, 0.4) is 0 Å². The van der Waals surface area contributed by atoms with Gasteiger partial charge in [-0.05, 0) is 65.5 Å². The van der Waals surface area contributed by atoms with Crippen molar-refractivity contribution in [3.63, 3.8) is 0 Å². The maximum Gasteiger partial charge on any atom is 0.410 e. The van der Waals surface area contributed by atoms with Gasteiger partial charge in [0.15, 0.2) is 0 Å². The third kappa shape index (κ3) is 7.53. The van der Waals surface area contributed by atoms with E-state index >= 15 is 0 Å². The molecule has 1 heterocycles. The summed E-state index contributed by atoms with van der Waals surface area (Å²) in [4.78, 5) is 14.2. The van der Waals surface area contributed by atoms with Crippen molar-refractivity contribution >= 4 is 11.8 Å². The zero-order valence-electron chi connectivity index (χ0n) is 18.0. The van der Waals surface area contributed by atoms with E-state index in [1.54, 1.807) is 6.20 Å². The number of hydrogen-bond acceptors (Lipinski definition) is 4. The van der Waals surface area contributed by atoms with Crippen LogP contribution >= 0.6 is 0 Å². The number of likely N-dealkylation sites (tertiary alicyclic amines) is 1. The Hall–Kier alpha value is -2.17. The molecule has 0 aromatic heterocycles. The number of hydrogen-bond donors (Lipinski definition) is 2. The number of carbonyl (C=O) groups is 1. The molecule has 1 atom stereocenters. The van der Waals surface area contributed by atoms with Crippen molar-refractivity contribution in [3.05, 3.63) is 43.1 Å². The first kappa shape index (κ1) is 22.9. The Bertz CT molecular complexity index is 591. The van der Waals surface area contributed by atoms with Gasteiger partial charge < -0.3 is 15.6 Å². The van der Waals surface area contributed by atoms with E-state index in [0.717, 1.165) is 18.5 Å². The van der Waals surface area contributed by atoms with Gasteiger partial charge in [-0.1, -0.05) is 38.6 Å². The largest absolute Gasteiger partial charge is 0.444 e. The number of benzene rings is 1. The molecule has 27 heavy (non-hydrogen) atoms. The molecule has 0 saturated carbocycles. The summed E-state index contributed by atoms with van der Waals surface area (Å²) in [5, 5.41) is 0. The minimum absolute atomic E-state index is 0.0860. The van der Waals surface area contributed by atoms with E-state index in [-0.39, 0.29) is 11.6 Å². The first-order valence-electron chi connectivity index (χ1n) is 9.68. The number of para-hydroxylation sites is 1. The Balaban J connectivity index is 0.000000309. The van der Waals surface area contributed by atoms with Crippen molar-refractivity contribution in [3.8, 4) is 0 Å². The Morgan fingerprint density at radius 2 is 1.89 bits per heavy atom. The number of amides is 1. The third-order valence-electron chi connectivity index (χ3n) is 4.49. The fourth-order valence-corrected chi connectivity index (χ4v) is 3.18. The number of carbonyl (C=O) groups excluding carboxylic acids is 1. The van der Waals surface area contributed by atoms with Gasteiger partial charge in [-0.2, -0.15) is 0 Å². The SMILES string of the molecule is C=CNNc1ccccc1.CC(C)C1CCC(C)(C)N1C(=O)OC(C)(C)C. The second-order valence-electron chi connectivity index (χ2n) is 8.85. The zero-order valence-corrected chi connectivity index (χ0v) is 18.0. The third-order valence-corrected chi connectivity index (χ3v) is 4.49. The van der Waals surface area contributed by atoms with Gasteiger partial charge in [-0.3, -0.25) is 4.90 Å². The minimum Gasteiger partial charge on any atom is -0.444 e. The lowest BCUT2D eigenvalue weighted by atomic mass is 10.0. The minimum atomic E-state index is -0.419. The summed E-state index contributed by atoms with van der Waals surface area (Å²) >= 11 is 0. The molecule has 1 amide bonds. The van der Waals surface area contributed by atoms with Crippen molar-refractivity contribution in [2.45, 2.75) is 78.5 Å². The molecule has 0 spiro atoms. The number of nitrogens with one attached hydrogen (secondary N) is 2. The van der Waals surface area contributed by atoms with E-state index in [4.69, 9.17) is 4.74 Å². The van der Waals surface area contributed by atoms with Crippen molar-refractivity contribution in [1.29, 1.82) is 0 Å². The number of ether oxygens (including phenoxy) is 1. The van der Waals surface area contributed by atoms with Gasteiger partial charge in [0, 0.05) is 17.8 Å². The molecule has 5 nitrogen and oxygen atoms in total. The van der Waals surface area contributed by atoms with Gasteiger partial charge in [0.05, 0.1) is 5.69 Å². The molecule has 1 aliphatic rings. The smallest absolute Gasteiger partial charge is 0.410 e. The Kier molecular flexibility index (Phi) is 8.20. The number of hydrazine groups is 1. The molecule has 0 bridgehead atoms. The van der Waals surface area contributed by atoms with Gasteiger partial charge in [0.1, 0.15) is 5.60 Å². The van der Waals surface area contributed by atoms with Gasteiger partial charge in [-0.25, -0.2) is 4.79 Å². The predicted octanol–water partition coefficient (Wildman–Crippen LogP) is 5.57. The zero-order chi connectivity index (χ0) is 20.7. The first-order chi connectivity index (χ1) is 12.5. The van der Waals surface area contributed by atoms with E-state index in [9.17, 15) is 4.79 Å². The van der Waals surface area contributed by atoms with Gasteiger partial charge in [0.25, 0.3) is 0 Å². The van der Waals surface area contributed by atoms with E-state index in [1.807, 2.05) is 56.0 Å². The van der Waals surface area contributed by atoms with E-state index in [0.29, 0.717) is 12.0 Å². The second-order valence-corrected chi connectivity index (χ2v) is 8.85. The second kappa shape index (κ2) is 9.67. The summed E-state index contributed by atoms with van der Waals surface area (Å²) in [6, 6.07) is 10.1. The van der Waals surface area contributed by atoms with Crippen molar-refractivity contribution in [2.24, 2.45) is 5.92 Å². The summed E-state index contributed by atoms with van der Waals surface area (Å²) in [7, 11) is 0. The lowest BCUT2D eigenvalue weighted by molar-refractivity contribution is -0.000926. The molecule has 1 unspecified atom stereocenters. The Morgan fingerprint density at radius 1 is 1.30 bits per heavy atom. The van der Waals surface area contributed by atoms with Crippen LogP contribution in [0.2, 0.25) is 0 Å². The Morgan fingerprint density at radius 3 is 2.37 bits per heavy atom. The van der Waals surface area contributed by atoms with Crippen LogP contribution in [0.15, 0.2) is 43.1 Å². The molecule has 5 heteroatoms. The average Bonchev–Trinajstić information content (AvgIpc) is 2.88. The molecule has 152 valence electrons. The molecular weight excluding hydrogens is 338 g/mol. The van der Waals surface area contributed by atoms with E-state index in [2.05, 4.69) is 45.1 Å². The van der Waals surface area contributed by atoms with Crippen LogP contribution in [0.25, 0.3) is 0 Å². The number of rotatable bonds is 4. The standard InChI is InChI=1S/C14H27NO2.C8H10N2/c1-10(2)11-8-9-14(6,7)15(11)12(16)17-13(3,4)5;1-2-9-10-8-6-4-3-5-7-8/h10-11H,8-9H2,1-7H3;2-7,9-10H,1H2. The molecule has 1 aliphatic heterocycles. The Labute approximate surface area is 165 Å². The maximum atomic E-state index is 12.3. The van der Waals surface area contributed by atoms with Crippen LogP contribution in [0, 0.1) is 5.92 Å². The van der Waals surface area contributed by atoms with Crippen molar-refractivity contribution < 1.29 is 9.53 Å². The summed E-state index contributed by atoms with van der Waals surface area (Å²) in [6.45, 7) is 17.8. The molecule has 1 saturated heterocycles. The quantitative estimate of drug-likeness (QED) is 0.676. The van der Waals surface area contributed by atoms with Crippen molar-refractivity contribution in [1.82, 2.24) is 10.3 Å². The van der Waals surface area contributed by atoms with Crippen LogP contribution in [0.5, 0.6) is 0 Å². The highest BCUT2D eigenvalue weighted by atomic mass is 16.6. The lowest BCUT2D eigenvalue weighted by Gasteiger charge is -2.38. The van der Waals surface area contributed by atoms with Gasteiger partial charge in [-0.15, -0.1) is 0 Å². The first-order valence-corrected chi connectivity index (χ1v) is 9.68. The molecule has 0 radical (unpaired) electrons. The van der Waals surface area contributed by atoms with E-state index < -0.39 is 5.60 Å². The molecular formula is C22H37N3O2. The fraction of sp³-hybridized carbons (Fsp3) is 0.591. The van der Waals surface area contributed by atoms with Crippen molar-refractivity contribution in [2.75, 3.05) is 5.43 Å². The van der Waals surface area contributed by atoms with Crippen LogP contribution in [0.4, 0.5) is 10.5 Å². The summed E-state index contributed by atoms with van der Waals surface area (Å²) in [5.74, 6) is 0.476. The number of nitrogens with zero attached hydrogens (tertiary/aromatic N) is 1. The molecule has 1 aromatic carbocycles. The molecule has 2 rings (SSSR count). The highest BCUT2D eigenvalue weighted by Crippen LogP contribution is 2.37. The summed E-state index contributed by atoms with van der Waals surface area (Å²) in [5.41, 5.74) is 6.23. The lowest BCUT2D eigenvalue weighted by Crippen LogP contribution is -2.50. The highest BCUT2D eigenvalue weighted by molar-refractivity contribution is 5.70. The monoisotopic (exact) mass is 375 g/mol. The van der Waals surface area contributed by atoms with E-state index in [1.165, 1.54) is 0 Å². The van der Waals surface area contributed by atoms with Gasteiger partial charge >= 0.3 is 6.09 Å². The normalized spacial score (nSPS) is 18.4. The van der Waals surface area contributed by atoms with Crippen LogP contribution < -0.4 is 10.9 Å². The van der Waals surface area contributed by atoms with Gasteiger partial charge in [0.2, 0.25) is 0 Å². The van der Waals surface area contributed by atoms with Crippen LogP contribution in [-0.2, 0) is 4.74 Å². The number of anilines is 1. The van der Waals surface area contributed by atoms with Crippen LogP contribution in [0.1, 0.15) is 61.3 Å². The topological polar surface area (TPSA) is 53.6 Å². The summed E-state index contributed by atoms with van der Waals surface area (Å²) < 4.78 is 5.52. The predicted molar refractivity (Wildman–Crippen MR) is 113 cm³/mol. The average molecular weight is 376 g/mol. The highest BCUT2D eigenvalue weighted by Gasteiger charge is 2.45. The molecule has 0 aliphatic carbocycles. The molecule has 2 N–H and O–H groups in total. The molecule has 1 aromatic rings. The molecule has 1 fully saturated rings.